The van der Waals surface area contributed by atoms with E-state index in [1.54, 1.807) is 18.2 Å². The molecule has 0 bridgehead atoms. The van der Waals surface area contributed by atoms with Crippen molar-refractivity contribution < 1.29 is 17.9 Å². The first-order chi connectivity index (χ1) is 14.7. The van der Waals surface area contributed by atoms with Crippen molar-refractivity contribution in [2.75, 3.05) is 19.0 Å². The fourth-order valence-corrected chi connectivity index (χ4v) is 5.95. The van der Waals surface area contributed by atoms with Gasteiger partial charge in [-0.1, -0.05) is 48.5 Å². The van der Waals surface area contributed by atoms with E-state index < -0.39 is 15.9 Å². The second-order valence-electron chi connectivity index (χ2n) is 7.65. The van der Waals surface area contributed by atoms with Crippen LogP contribution in [0.5, 0.6) is 5.75 Å². The molecule has 0 heterocycles. The Labute approximate surface area is 193 Å². The number of carbonyl (C=O) groups excluding carboxylic acids is 1. The van der Waals surface area contributed by atoms with E-state index in [0.29, 0.717) is 29.3 Å². The SMILES string of the molecule is COc1ccc(S(=O)(=O)N(CC(=O)Nc2cc(Cl)ccc2C)C2CCCCC2)cc1Cl. The summed E-state index contributed by atoms with van der Waals surface area (Å²) < 4.78 is 33.5. The number of hydrogen-bond acceptors (Lipinski definition) is 4. The molecule has 0 unspecified atom stereocenters. The molecule has 31 heavy (non-hydrogen) atoms. The Balaban J connectivity index is 1.89. The molecule has 1 fully saturated rings. The summed E-state index contributed by atoms with van der Waals surface area (Å²) in [6.45, 7) is 1.56. The van der Waals surface area contributed by atoms with Crippen molar-refractivity contribution in [3.63, 3.8) is 0 Å². The van der Waals surface area contributed by atoms with Crippen molar-refractivity contribution in [2.24, 2.45) is 0 Å². The zero-order valence-electron chi connectivity index (χ0n) is 17.5. The highest BCUT2D eigenvalue weighted by molar-refractivity contribution is 7.89. The van der Waals surface area contributed by atoms with Crippen molar-refractivity contribution >= 4 is 44.8 Å². The Kier molecular flexibility index (Phi) is 7.86. The fourth-order valence-electron chi connectivity index (χ4n) is 3.78. The van der Waals surface area contributed by atoms with Gasteiger partial charge in [-0.3, -0.25) is 4.79 Å². The van der Waals surface area contributed by atoms with E-state index in [1.807, 2.05) is 6.92 Å². The molecule has 1 N–H and O–H groups in total. The third-order valence-corrected chi connectivity index (χ3v) is 7.91. The van der Waals surface area contributed by atoms with E-state index >= 15 is 0 Å². The molecule has 0 radical (unpaired) electrons. The lowest BCUT2D eigenvalue weighted by molar-refractivity contribution is -0.116. The Morgan fingerprint density at radius 3 is 2.48 bits per heavy atom. The number of rotatable bonds is 7. The van der Waals surface area contributed by atoms with Crippen LogP contribution in [0.15, 0.2) is 41.3 Å². The van der Waals surface area contributed by atoms with Crippen LogP contribution in [0.2, 0.25) is 10.0 Å². The minimum absolute atomic E-state index is 0.0376. The maximum absolute atomic E-state index is 13.5. The highest BCUT2D eigenvalue weighted by Crippen LogP contribution is 2.32. The molecule has 6 nitrogen and oxygen atoms in total. The molecule has 0 aliphatic heterocycles. The van der Waals surface area contributed by atoms with Gasteiger partial charge in [-0.2, -0.15) is 4.31 Å². The molecule has 3 rings (SSSR count). The second-order valence-corrected chi connectivity index (χ2v) is 10.4. The van der Waals surface area contributed by atoms with Gasteiger partial charge in [0.25, 0.3) is 0 Å². The van der Waals surface area contributed by atoms with Gasteiger partial charge in [0.1, 0.15) is 5.75 Å². The largest absolute Gasteiger partial charge is 0.495 e. The van der Waals surface area contributed by atoms with Crippen molar-refractivity contribution in [3.05, 3.63) is 52.0 Å². The number of carbonyl (C=O) groups is 1. The summed E-state index contributed by atoms with van der Waals surface area (Å²) in [6.07, 6.45) is 4.34. The van der Waals surface area contributed by atoms with E-state index in [9.17, 15) is 13.2 Å². The predicted octanol–water partition coefficient (Wildman–Crippen LogP) is 5.27. The van der Waals surface area contributed by atoms with Crippen LogP contribution in [0.25, 0.3) is 0 Å². The van der Waals surface area contributed by atoms with E-state index in [1.165, 1.54) is 29.6 Å². The number of hydrogen-bond donors (Lipinski definition) is 1. The molecule has 0 aromatic heterocycles. The fraction of sp³-hybridized carbons (Fsp3) is 0.409. The van der Waals surface area contributed by atoms with Gasteiger partial charge < -0.3 is 10.1 Å². The lowest BCUT2D eigenvalue weighted by Crippen LogP contribution is -2.45. The normalized spacial score (nSPS) is 15.1. The maximum Gasteiger partial charge on any atom is 0.243 e. The molecule has 168 valence electrons. The first-order valence-electron chi connectivity index (χ1n) is 10.1. The highest BCUT2D eigenvalue weighted by Gasteiger charge is 2.34. The van der Waals surface area contributed by atoms with Crippen LogP contribution in [0.1, 0.15) is 37.7 Å². The lowest BCUT2D eigenvalue weighted by atomic mass is 9.95. The predicted molar refractivity (Wildman–Crippen MR) is 124 cm³/mol. The topological polar surface area (TPSA) is 75.7 Å². The molecule has 0 atom stereocenters. The number of sulfonamides is 1. The number of ether oxygens (including phenoxy) is 1. The Hall–Kier alpha value is -1.80. The first kappa shape index (κ1) is 23.9. The molecule has 2 aromatic rings. The van der Waals surface area contributed by atoms with Crippen LogP contribution in [0.3, 0.4) is 0 Å². The zero-order valence-corrected chi connectivity index (χ0v) is 19.9. The number of anilines is 1. The first-order valence-corrected chi connectivity index (χ1v) is 12.3. The molecule has 2 aromatic carbocycles. The maximum atomic E-state index is 13.5. The Morgan fingerprint density at radius 1 is 1.13 bits per heavy atom. The van der Waals surface area contributed by atoms with E-state index in [4.69, 9.17) is 27.9 Å². The van der Waals surface area contributed by atoms with Crippen molar-refractivity contribution in [2.45, 2.75) is 50.0 Å². The van der Waals surface area contributed by atoms with Crippen LogP contribution in [-0.4, -0.2) is 38.3 Å². The van der Waals surface area contributed by atoms with Gasteiger partial charge >= 0.3 is 0 Å². The third kappa shape index (κ3) is 5.71. The second kappa shape index (κ2) is 10.2. The van der Waals surface area contributed by atoms with Gasteiger partial charge in [0.15, 0.2) is 0 Å². The third-order valence-electron chi connectivity index (χ3n) is 5.48. The smallest absolute Gasteiger partial charge is 0.243 e. The molecular weight excluding hydrogens is 459 g/mol. The van der Waals surface area contributed by atoms with Gasteiger partial charge in [-0.25, -0.2) is 8.42 Å². The van der Waals surface area contributed by atoms with E-state index in [2.05, 4.69) is 5.32 Å². The lowest BCUT2D eigenvalue weighted by Gasteiger charge is -2.33. The molecule has 0 saturated heterocycles. The van der Waals surface area contributed by atoms with E-state index in [0.717, 1.165) is 24.8 Å². The summed E-state index contributed by atoms with van der Waals surface area (Å²) in [5, 5.41) is 3.49. The van der Waals surface area contributed by atoms with Gasteiger partial charge in [0, 0.05) is 16.8 Å². The van der Waals surface area contributed by atoms with Gasteiger partial charge in [-0.05, 0) is 55.7 Å². The van der Waals surface area contributed by atoms with Crippen LogP contribution in [-0.2, 0) is 14.8 Å². The molecule has 1 saturated carbocycles. The monoisotopic (exact) mass is 484 g/mol. The highest BCUT2D eigenvalue weighted by atomic mass is 35.5. The molecule has 1 aliphatic rings. The number of benzene rings is 2. The minimum Gasteiger partial charge on any atom is -0.495 e. The van der Waals surface area contributed by atoms with Gasteiger partial charge in [-0.15, -0.1) is 0 Å². The molecule has 1 aliphatic carbocycles. The van der Waals surface area contributed by atoms with Gasteiger partial charge in [0.2, 0.25) is 15.9 Å². The number of nitrogens with one attached hydrogen (secondary N) is 1. The van der Waals surface area contributed by atoms with Crippen molar-refractivity contribution in [1.82, 2.24) is 4.31 Å². The summed E-state index contributed by atoms with van der Waals surface area (Å²) in [4.78, 5) is 12.9. The summed E-state index contributed by atoms with van der Waals surface area (Å²) >= 11 is 12.2. The van der Waals surface area contributed by atoms with Crippen LogP contribution >= 0.6 is 23.2 Å². The number of aryl methyl sites for hydroxylation is 1. The Morgan fingerprint density at radius 2 is 1.84 bits per heavy atom. The summed E-state index contributed by atoms with van der Waals surface area (Å²) in [7, 11) is -2.48. The number of methoxy groups -OCH3 is 1. The van der Waals surface area contributed by atoms with Crippen LogP contribution < -0.4 is 10.1 Å². The number of amides is 1. The number of nitrogens with zero attached hydrogens (tertiary/aromatic N) is 1. The van der Waals surface area contributed by atoms with Crippen LogP contribution in [0.4, 0.5) is 5.69 Å². The average Bonchev–Trinajstić information content (AvgIpc) is 2.75. The zero-order chi connectivity index (χ0) is 22.6. The minimum atomic E-state index is -3.95. The molecule has 1 amide bonds. The average molecular weight is 485 g/mol. The Bertz CT molecular complexity index is 1050. The molecular formula is C22H26Cl2N2O4S. The van der Waals surface area contributed by atoms with Crippen molar-refractivity contribution in [1.29, 1.82) is 0 Å². The summed E-state index contributed by atoms with van der Waals surface area (Å²) in [5.74, 6) is -0.0295. The quantitative estimate of drug-likeness (QED) is 0.580. The standard InChI is InChI=1S/C22H26Cl2N2O4S/c1-15-8-9-16(23)12-20(15)25-22(27)14-26(17-6-4-3-5-7-17)31(28,29)18-10-11-21(30-2)19(24)13-18/h8-13,17H,3-7,14H2,1-2H3,(H,25,27). The number of halogens is 2. The molecule has 9 heteroatoms. The summed E-state index contributed by atoms with van der Waals surface area (Å²) in [5.41, 5.74) is 1.40. The molecule has 0 spiro atoms. The van der Waals surface area contributed by atoms with Gasteiger partial charge in [0.05, 0.1) is 23.6 Å². The van der Waals surface area contributed by atoms with Crippen molar-refractivity contribution in [3.8, 4) is 5.75 Å². The van der Waals surface area contributed by atoms with E-state index in [-0.39, 0.29) is 22.5 Å². The van der Waals surface area contributed by atoms with Crippen LogP contribution in [0, 0.1) is 6.92 Å². The summed E-state index contributed by atoms with van der Waals surface area (Å²) in [6, 6.07) is 9.28.